The predicted octanol–water partition coefficient (Wildman–Crippen LogP) is 1.54. The SMILES string of the molecule is CC(C(=O)N1CCNCC1)n1cc(-c2ccccc2)cn1. The Hall–Kier alpha value is -2.14. The van der Waals surface area contributed by atoms with Gasteiger partial charge in [0.05, 0.1) is 6.20 Å². The first kappa shape index (κ1) is 13.8. The van der Waals surface area contributed by atoms with E-state index in [4.69, 9.17) is 0 Å². The lowest BCUT2D eigenvalue weighted by Crippen LogP contribution is -2.48. The van der Waals surface area contributed by atoms with Gasteiger partial charge in [-0.3, -0.25) is 9.48 Å². The molecule has 5 heteroatoms. The summed E-state index contributed by atoms with van der Waals surface area (Å²) in [5.41, 5.74) is 2.15. The summed E-state index contributed by atoms with van der Waals surface area (Å²) < 4.78 is 1.76. The van der Waals surface area contributed by atoms with Crippen LogP contribution in [0.25, 0.3) is 11.1 Å². The molecule has 0 aliphatic carbocycles. The molecule has 1 amide bonds. The molecule has 1 saturated heterocycles. The molecule has 1 fully saturated rings. The van der Waals surface area contributed by atoms with Crippen molar-refractivity contribution >= 4 is 5.91 Å². The van der Waals surface area contributed by atoms with Crippen LogP contribution in [0.5, 0.6) is 0 Å². The van der Waals surface area contributed by atoms with E-state index < -0.39 is 0 Å². The zero-order chi connectivity index (χ0) is 14.7. The number of aromatic nitrogens is 2. The molecule has 1 aromatic heterocycles. The standard InChI is InChI=1S/C16H20N4O/c1-13(16(21)19-9-7-17-8-10-19)20-12-15(11-18-20)14-5-3-2-4-6-14/h2-6,11-13,17H,7-10H2,1H3. The van der Waals surface area contributed by atoms with Crippen LogP contribution >= 0.6 is 0 Å². The van der Waals surface area contributed by atoms with Crippen molar-refractivity contribution in [2.24, 2.45) is 0 Å². The molecule has 2 heterocycles. The van der Waals surface area contributed by atoms with Gasteiger partial charge in [-0.25, -0.2) is 0 Å². The van der Waals surface area contributed by atoms with E-state index in [9.17, 15) is 4.79 Å². The van der Waals surface area contributed by atoms with Crippen molar-refractivity contribution in [1.29, 1.82) is 0 Å². The molecule has 1 N–H and O–H groups in total. The summed E-state index contributed by atoms with van der Waals surface area (Å²) in [6, 6.07) is 9.82. The van der Waals surface area contributed by atoms with Crippen LogP contribution in [-0.4, -0.2) is 46.8 Å². The maximum absolute atomic E-state index is 12.5. The van der Waals surface area contributed by atoms with E-state index in [-0.39, 0.29) is 11.9 Å². The Morgan fingerprint density at radius 3 is 2.62 bits per heavy atom. The Kier molecular flexibility index (Phi) is 4.01. The third kappa shape index (κ3) is 2.97. The van der Waals surface area contributed by atoms with Gasteiger partial charge in [0.15, 0.2) is 0 Å². The second kappa shape index (κ2) is 6.10. The van der Waals surface area contributed by atoms with Gasteiger partial charge in [-0.1, -0.05) is 30.3 Å². The molecule has 3 rings (SSSR count). The minimum absolute atomic E-state index is 0.138. The van der Waals surface area contributed by atoms with Crippen molar-refractivity contribution in [3.8, 4) is 11.1 Å². The molecule has 5 nitrogen and oxygen atoms in total. The lowest BCUT2D eigenvalue weighted by Gasteiger charge is -2.29. The lowest BCUT2D eigenvalue weighted by molar-refractivity contribution is -0.135. The minimum Gasteiger partial charge on any atom is -0.338 e. The van der Waals surface area contributed by atoms with Gasteiger partial charge in [0.25, 0.3) is 0 Å². The van der Waals surface area contributed by atoms with Crippen molar-refractivity contribution in [3.63, 3.8) is 0 Å². The number of carbonyl (C=O) groups is 1. The molecule has 0 radical (unpaired) electrons. The summed E-state index contributed by atoms with van der Waals surface area (Å²) in [5, 5.41) is 7.62. The maximum atomic E-state index is 12.5. The van der Waals surface area contributed by atoms with Gasteiger partial charge < -0.3 is 10.2 Å². The number of benzene rings is 1. The van der Waals surface area contributed by atoms with Gasteiger partial charge in [-0.15, -0.1) is 0 Å². The minimum atomic E-state index is -0.263. The van der Waals surface area contributed by atoms with E-state index in [0.717, 1.165) is 37.3 Å². The van der Waals surface area contributed by atoms with Crippen LogP contribution in [0.4, 0.5) is 0 Å². The molecule has 1 atom stereocenters. The average Bonchev–Trinajstić information content (AvgIpc) is 3.05. The zero-order valence-corrected chi connectivity index (χ0v) is 12.2. The van der Waals surface area contributed by atoms with Gasteiger partial charge in [0, 0.05) is 37.9 Å². The van der Waals surface area contributed by atoms with Crippen LogP contribution in [0.2, 0.25) is 0 Å². The van der Waals surface area contributed by atoms with E-state index in [1.807, 2.05) is 54.5 Å². The second-order valence-corrected chi connectivity index (χ2v) is 5.33. The smallest absolute Gasteiger partial charge is 0.247 e. The summed E-state index contributed by atoms with van der Waals surface area (Å²) >= 11 is 0. The third-order valence-electron chi connectivity index (χ3n) is 3.89. The molecule has 0 spiro atoms. The monoisotopic (exact) mass is 284 g/mol. The van der Waals surface area contributed by atoms with Crippen molar-refractivity contribution in [3.05, 3.63) is 42.7 Å². The van der Waals surface area contributed by atoms with Gasteiger partial charge >= 0.3 is 0 Å². The van der Waals surface area contributed by atoms with E-state index >= 15 is 0 Å². The van der Waals surface area contributed by atoms with Crippen LogP contribution in [-0.2, 0) is 4.79 Å². The Labute approximate surface area is 124 Å². The summed E-state index contributed by atoms with van der Waals surface area (Å²) in [7, 11) is 0. The van der Waals surface area contributed by atoms with Gasteiger partial charge in [0.2, 0.25) is 5.91 Å². The van der Waals surface area contributed by atoms with Crippen LogP contribution in [0.3, 0.4) is 0 Å². The highest BCUT2D eigenvalue weighted by Gasteiger charge is 2.23. The highest BCUT2D eigenvalue weighted by Crippen LogP contribution is 2.20. The van der Waals surface area contributed by atoms with E-state index in [0.29, 0.717) is 0 Å². The Morgan fingerprint density at radius 2 is 1.90 bits per heavy atom. The van der Waals surface area contributed by atoms with E-state index in [2.05, 4.69) is 10.4 Å². The first-order valence-electron chi connectivity index (χ1n) is 7.35. The number of nitrogens with zero attached hydrogens (tertiary/aromatic N) is 3. The summed E-state index contributed by atoms with van der Waals surface area (Å²) in [4.78, 5) is 14.4. The number of hydrogen-bond acceptors (Lipinski definition) is 3. The van der Waals surface area contributed by atoms with E-state index in [1.54, 1.807) is 4.68 Å². The third-order valence-corrected chi connectivity index (χ3v) is 3.89. The molecule has 2 aromatic rings. The predicted molar refractivity (Wildman–Crippen MR) is 81.8 cm³/mol. The number of rotatable bonds is 3. The van der Waals surface area contributed by atoms with E-state index in [1.165, 1.54) is 0 Å². The number of piperazine rings is 1. The molecule has 1 aliphatic rings. The maximum Gasteiger partial charge on any atom is 0.247 e. The zero-order valence-electron chi connectivity index (χ0n) is 12.2. The van der Waals surface area contributed by atoms with Crippen LogP contribution in [0, 0.1) is 0 Å². The number of carbonyl (C=O) groups excluding carboxylic acids is 1. The number of amides is 1. The molecule has 0 saturated carbocycles. The largest absolute Gasteiger partial charge is 0.338 e. The second-order valence-electron chi connectivity index (χ2n) is 5.33. The van der Waals surface area contributed by atoms with Crippen molar-refractivity contribution in [2.75, 3.05) is 26.2 Å². The molecule has 1 aliphatic heterocycles. The van der Waals surface area contributed by atoms with Crippen LogP contribution in [0.1, 0.15) is 13.0 Å². The number of hydrogen-bond donors (Lipinski definition) is 1. The fourth-order valence-electron chi connectivity index (χ4n) is 2.59. The lowest BCUT2D eigenvalue weighted by atomic mass is 10.1. The topological polar surface area (TPSA) is 50.2 Å². The molecule has 110 valence electrons. The summed E-state index contributed by atoms with van der Waals surface area (Å²) in [5.74, 6) is 0.138. The highest BCUT2D eigenvalue weighted by atomic mass is 16.2. The van der Waals surface area contributed by atoms with Crippen molar-refractivity contribution < 1.29 is 4.79 Å². The molecule has 0 bridgehead atoms. The summed E-state index contributed by atoms with van der Waals surface area (Å²) in [6.07, 6.45) is 3.76. The molecule has 21 heavy (non-hydrogen) atoms. The normalized spacial score (nSPS) is 16.7. The fourth-order valence-corrected chi connectivity index (χ4v) is 2.59. The number of nitrogens with one attached hydrogen (secondary N) is 1. The molecule has 1 unspecified atom stereocenters. The Bertz CT molecular complexity index is 602. The highest BCUT2D eigenvalue weighted by molar-refractivity contribution is 5.80. The summed E-state index contributed by atoms with van der Waals surface area (Å²) in [6.45, 7) is 5.19. The fraction of sp³-hybridized carbons (Fsp3) is 0.375. The van der Waals surface area contributed by atoms with Gasteiger partial charge in [0.1, 0.15) is 6.04 Å². The van der Waals surface area contributed by atoms with Crippen LogP contribution < -0.4 is 5.32 Å². The molecular formula is C16H20N4O. The Balaban J connectivity index is 1.74. The molecular weight excluding hydrogens is 264 g/mol. The quantitative estimate of drug-likeness (QED) is 0.930. The first-order chi connectivity index (χ1) is 10.3. The first-order valence-corrected chi connectivity index (χ1v) is 7.35. The van der Waals surface area contributed by atoms with Crippen molar-refractivity contribution in [2.45, 2.75) is 13.0 Å². The Morgan fingerprint density at radius 1 is 1.19 bits per heavy atom. The van der Waals surface area contributed by atoms with Crippen molar-refractivity contribution in [1.82, 2.24) is 20.0 Å². The molecule has 1 aromatic carbocycles. The van der Waals surface area contributed by atoms with Gasteiger partial charge in [-0.05, 0) is 12.5 Å². The van der Waals surface area contributed by atoms with Gasteiger partial charge in [-0.2, -0.15) is 5.10 Å². The van der Waals surface area contributed by atoms with Crippen LogP contribution in [0.15, 0.2) is 42.7 Å². The average molecular weight is 284 g/mol.